The third kappa shape index (κ3) is 3.36. The van der Waals surface area contributed by atoms with Gasteiger partial charge in [-0.2, -0.15) is 0 Å². The first-order valence-corrected chi connectivity index (χ1v) is 9.33. The number of nitrogens with zero attached hydrogens (tertiary/aromatic N) is 3. The fourth-order valence-corrected chi connectivity index (χ4v) is 4.26. The average molecular weight is 341 g/mol. The van der Waals surface area contributed by atoms with Gasteiger partial charge in [0.25, 0.3) is 0 Å². The van der Waals surface area contributed by atoms with Crippen LogP contribution in [0.15, 0.2) is 30.3 Å². The minimum atomic E-state index is -0.377. The number of rotatable bonds is 2. The van der Waals surface area contributed by atoms with Crippen LogP contribution in [0, 0.1) is 6.92 Å². The number of likely N-dealkylation sites (tertiary alicyclic amines) is 1. The van der Waals surface area contributed by atoms with Crippen molar-refractivity contribution in [2.45, 2.75) is 44.4 Å². The minimum absolute atomic E-state index is 0.168. The maximum Gasteiger partial charge on any atom is 0.129 e. The van der Waals surface area contributed by atoms with E-state index in [0.717, 1.165) is 50.2 Å². The van der Waals surface area contributed by atoms with E-state index in [1.165, 1.54) is 10.9 Å². The highest BCUT2D eigenvalue weighted by Gasteiger charge is 2.34. The Morgan fingerprint density at radius 2 is 1.80 bits per heavy atom. The minimum Gasteiger partial charge on any atom is -0.393 e. The monoisotopic (exact) mass is 341 g/mol. The molecule has 5 heteroatoms. The topological polar surface area (TPSA) is 59.8 Å². The van der Waals surface area contributed by atoms with Crippen molar-refractivity contribution in [3.05, 3.63) is 35.9 Å². The molecule has 5 nitrogen and oxygen atoms in total. The number of pyridine rings is 1. The molecule has 0 spiro atoms. The number of β-amino-alcohol motifs (C(OH)–C–C–N with tert-alkyl or cyclic N) is 1. The molecule has 1 aromatic heterocycles. The molecule has 0 unspecified atom stereocenters. The zero-order valence-electron chi connectivity index (χ0n) is 14.8. The van der Waals surface area contributed by atoms with Crippen LogP contribution in [-0.2, 0) is 0 Å². The van der Waals surface area contributed by atoms with Crippen molar-refractivity contribution in [1.29, 1.82) is 0 Å². The second-order valence-corrected chi connectivity index (χ2v) is 7.45. The van der Waals surface area contributed by atoms with Crippen molar-refractivity contribution in [2.75, 3.05) is 31.1 Å². The predicted molar refractivity (Wildman–Crippen MR) is 99.9 cm³/mol. The first kappa shape index (κ1) is 16.8. The summed E-state index contributed by atoms with van der Waals surface area (Å²) < 4.78 is 0. The molecular formula is C20H27N3O2. The van der Waals surface area contributed by atoms with Gasteiger partial charge in [0, 0.05) is 37.6 Å². The third-order valence-electron chi connectivity index (χ3n) is 5.75. The zero-order valence-corrected chi connectivity index (χ0v) is 14.8. The van der Waals surface area contributed by atoms with Crippen molar-refractivity contribution in [3.8, 4) is 0 Å². The van der Waals surface area contributed by atoms with Crippen LogP contribution >= 0.6 is 0 Å². The number of para-hydroxylation sites is 1. The molecule has 2 saturated heterocycles. The van der Waals surface area contributed by atoms with E-state index >= 15 is 0 Å². The number of aliphatic hydroxyl groups excluding tert-OH is 2. The van der Waals surface area contributed by atoms with Gasteiger partial charge in [0.1, 0.15) is 5.82 Å². The van der Waals surface area contributed by atoms with Gasteiger partial charge in [0.05, 0.1) is 17.7 Å². The van der Waals surface area contributed by atoms with E-state index in [1.807, 2.05) is 18.2 Å². The molecule has 2 aliphatic heterocycles. The highest BCUT2D eigenvalue weighted by molar-refractivity contribution is 5.83. The Hall–Kier alpha value is -1.69. The molecule has 1 aromatic carbocycles. The molecule has 0 bridgehead atoms. The zero-order chi connectivity index (χ0) is 17.4. The second-order valence-electron chi connectivity index (χ2n) is 7.45. The number of hydrogen-bond acceptors (Lipinski definition) is 5. The lowest BCUT2D eigenvalue weighted by Crippen LogP contribution is -2.56. The summed E-state index contributed by atoms with van der Waals surface area (Å²) >= 11 is 0. The van der Waals surface area contributed by atoms with Crippen LogP contribution in [0.4, 0.5) is 5.82 Å². The van der Waals surface area contributed by atoms with E-state index in [0.29, 0.717) is 6.54 Å². The van der Waals surface area contributed by atoms with E-state index in [-0.39, 0.29) is 18.2 Å². The van der Waals surface area contributed by atoms with Gasteiger partial charge in [0.15, 0.2) is 0 Å². The molecule has 2 aliphatic rings. The van der Waals surface area contributed by atoms with Crippen molar-refractivity contribution >= 4 is 16.7 Å². The Labute approximate surface area is 148 Å². The van der Waals surface area contributed by atoms with E-state index in [9.17, 15) is 10.2 Å². The molecule has 0 radical (unpaired) electrons. The molecule has 2 atom stereocenters. The van der Waals surface area contributed by atoms with Crippen LogP contribution in [0.3, 0.4) is 0 Å². The van der Waals surface area contributed by atoms with Crippen LogP contribution in [0.1, 0.15) is 24.8 Å². The summed E-state index contributed by atoms with van der Waals surface area (Å²) in [6, 6.07) is 10.5. The Morgan fingerprint density at radius 1 is 1.04 bits per heavy atom. The number of hydrogen-bond donors (Lipinski definition) is 2. The number of piperidine rings is 2. The van der Waals surface area contributed by atoms with Crippen LogP contribution in [0.2, 0.25) is 0 Å². The number of benzene rings is 1. The van der Waals surface area contributed by atoms with Gasteiger partial charge in [-0.3, -0.25) is 4.90 Å². The number of aromatic nitrogens is 1. The van der Waals surface area contributed by atoms with Gasteiger partial charge in [0.2, 0.25) is 0 Å². The first-order valence-electron chi connectivity index (χ1n) is 9.33. The second kappa shape index (κ2) is 6.90. The molecule has 25 heavy (non-hydrogen) atoms. The molecule has 2 fully saturated rings. The van der Waals surface area contributed by atoms with Crippen molar-refractivity contribution < 1.29 is 10.2 Å². The van der Waals surface area contributed by atoms with Crippen LogP contribution in [0.25, 0.3) is 10.9 Å². The maximum absolute atomic E-state index is 10.7. The van der Waals surface area contributed by atoms with Crippen LogP contribution < -0.4 is 4.90 Å². The number of anilines is 1. The molecule has 2 N–H and O–H groups in total. The summed E-state index contributed by atoms with van der Waals surface area (Å²) in [6.45, 7) is 5.42. The Morgan fingerprint density at radius 3 is 2.56 bits per heavy atom. The van der Waals surface area contributed by atoms with Gasteiger partial charge >= 0.3 is 0 Å². The highest BCUT2D eigenvalue weighted by Crippen LogP contribution is 2.27. The van der Waals surface area contributed by atoms with Gasteiger partial charge in [-0.15, -0.1) is 0 Å². The number of fused-ring (bicyclic) bond motifs is 1. The van der Waals surface area contributed by atoms with Crippen molar-refractivity contribution in [3.63, 3.8) is 0 Å². The summed E-state index contributed by atoms with van der Waals surface area (Å²) in [5, 5.41) is 21.6. The van der Waals surface area contributed by atoms with Gasteiger partial charge in [-0.25, -0.2) is 4.98 Å². The lowest BCUT2D eigenvalue weighted by atomic mass is 9.96. The molecule has 2 aromatic rings. The van der Waals surface area contributed by atoms with E-state index in [1.54, 1.807) is 0 Å². The summed E-state index contributed by atoms with van der Waals surface area (Å²) in [6.07, 6.45) is 2.03. The molecule has 0 aliphatic carbocycles. The van der Waals surface area contributed by atoms with Crippen LogP contribution in [0.5, 0.6) is 0 Å². The van der Waals surface area contributed by atoms with Gasteiger partial charge < -0.3 is 15.1 Å². The maximum atomic E-state index is 10.7. The van der Waals surface area contributed by atoms with Crippen LogP contribution in [-0.4, -0.2) is 64.5 Å². The van der Waals surface area contributed by atoms with Crippen molar-refractivity contribution in [2.24, 2.45) is 0 Å². The van der Waals surface area contributed by atoms with E-state index < -0.39 is 0 Å². The van der Waals surface area contributed by atoms with E-state index in [4.69, 9.17) is 4.98 Å². The first-order chi connectivity index (χ1) is 12.1. The normalized spacial score (nSPS) is 26.3. The lowest BCUT2D eigenvalue weighted by Gasteiger charge is -2.44. The summed E-state index contributed by atoms with van der Waals surface area (Å²) in [5.41, 5.74) is 2.24. The van der Waals surface area contributed by atoms with Gasteiger partial charge in [-0.05, 0) is 43.9 Å². The molecule has 4 rings (SSSR count). The van der Waals surface area contributed by atoms with Gasteiger partial charge in [-0.1, -0.05) is 18.2 Å². The molecule has 0 amide bonds. The Balaban J connectivity index is 1.49. The van der Waals surface area contributed by atoms with Crippen molar-refractivity contribution in [1.82, 2.24) is 9.88 Å². The number of aryl methyl sites for hydroxylation is 1. The standard InChI is InChI=1S/C20H27N3O2/c1-14-12-20(21-17-5-3-2-4-16(14)17)23-11-8-18(19(25)13-23)22-9-6-15(24)7-10-22/h2-5,12,15,18-19,24-25H,6-11,13H2,1H3/t18-,19-/m1/s1. The summed E-state index contributed by atoms with van der Waals surface area (Å²) in [4.78, 5) is 9.37. The quantitative estimate of drug-likeness (QED) is 0.874. The largest absolute Gasteiger partial charge is 0.393 e. The third-order valence-corrected chi connectivity index (χ3v) is 5.75. The summed E-state index contributed by atoms with van der Waals surface area (Å²) in [5.74, 6) is 0.961. The molecule has 0 saturated carbocycles. The van der Waals surface area contributed by atoms with E-state index in [2.05, 4.69) is 28.9 Å². The number of aliphatic hydroxyl groups is 2. The average Bonchev–Trinajstić information content (AvgIpc) is 2.62. The molecule has 3 heterocycles. The fourth-order valence-electron chi connectivity index (χ4n) is 4.26. The summed E-state index contributed by atoms with van der Waals surface area (Å²) in [7, 11) is 0. The highest BCUT2D eigenvalue weighted by atomic mass is 16.3. The molecular weight excluding hydrogens is 314 g/mol. The fraction of sp³-hybridized carbons (Fsp3) is 0.550. The molecule has 134 valence electrons. The SMILES string of the molecule is Cc1cc(N2CC[C@@H](N3CCC(O)CC3)[C@H](O)C2)nc2ccccc12. The smallest absolute Gasteiger partial charge is 0.129 e. The Kier molecular flexibility index (Phi) is 4.63. The lowest BCUT2D eigenvalue weighted by molar-refractivity contribution is -0.000214. The predicted octanol–water partition coefficient (Wildman–Crippen LogP) is 1.94. The Bertz CT molecular complexity index is 743.